The molecule has 11 heteroatoms. The summed E-state index contributed by atoms with van der Waals surface area (Å²) in [5.74, 6) is -2.64. The number of alkyl halides is 6. The third kappa shape index (κ3) is 6.21. The minimum absolute atomic E-state index is 0.0832. The summed E-state index contributed by atoms with van der Waals surface area (Å²) in [4.78, 5) is 23.7. The van der Waals surface area contributed by atoms with Gasteiger partial charge in [0, 0.05) is 18.8 Å². The van der Waals surface area contributed by atoms with E-state index in [1.54, 1.807) is 29.6 Å². The molecule has 4 N–H and O–H groups in total. The van der Waals surface area contributed by atoms with E-state index in [0.717, 1.165) is 5.56 Å². The number of carbonyl (C=O) groups is 2. The fraction of sp³-hybridized carbons (Fsp3) is 0.222. The Morgan fingerprint density at radius 1 is 0.828 bits per heavy atom. The van der Waals surface area contributed by atoms with E-state index < -0.39 is 41.0 Å². The molecule has 2 amide bonds. The summed E-state index contributed by atoms with van der Waals surface area (Å²) >= 11 is 0. The molecular weight excluding hydrogens is 404 g/mol. The average Bonchev–Trinajstić information content (AvgIpc) is 2.64. The van der Waals surface area contributed by atoms with Crippen molar-refractivity contribution in [3.05, 3.63) is 64.7 Å². The highest BCUT2D eigenvalue weighted by atomic mass is 19.4. The van der Waals surface area contributed by atoms with Gasteiger partial charge in [-0.05, 0) is 29.3 Å². The lowest BCUT2D eigenvalue weighted by atomic mass is 10.1. The van der Waals surface area contributed by atoms with Crippen molar-refractivity contribution >= 4 is 17.5 Å². The smallest absolute Gasteiger partial charge is 0.344 e. The number of anilines is 1. The van der Waals surface area contributed by atoms with Crippen LogP contribution in [0, 0.1) is 0 Å². The fourth-order valence-corrected chi connectivity index (χ4v) is 2.34. The molecule has 0 aromatic heterocycles. The van der Waals surface area contributed by atoms with Crippen molar-refractivity contribution in [2.24, 2.45) is 5.73 Å². The second-order valence-corrected chi connectivity index (χ2v) is 5.96. The number of hydrogen-bond acceptors (Lipinski definition) is 3. The van der Waals surface area contributed by atoms with Crippen LogP contribution in [0.5, 0.6) is 0 Å². The van der Waals surface area contributed by atoms with Crippen molar-refractivity contribution in [2.45, 2.75) is 25.4 Å². The minimum atomic E-state index is -5.07. The van der Waals surface area contributed by atoms with Gasteiger partial charge >= 0.3 is 24.2 Å². The highest BCUT2D eigenvalue weighted by Crippen LogP contribution is 2.37. The van der Waals surface area contributed by atoms with Crippen LogP contribution in [0.4, 0.5) is 32.0 Å². The van der Waals surface area contributed by atoms with Gasteiger partial charge in [0.15, 0.2) is 0 Å². The van der Waals surface area contributed by atoms with E-state index in [1.807, 2.05) is 0 Å². The summed E-state index contributed by atoms with van der Waals surface area (Å²) in [7, 11) is 0. The first-order valence-corrected chi connectivity index (χ1v) is 8.06. The van der Waals surface area contributed by atoms with Gasteiger partial charge in [-0.3, -0.25) is 9.59 Å². The van der Waals surface area contributed by atoms with Gasteiger partial charge in [0.1, 0.15) is 0 Å². The van der Waals surface area contributed by atoms with Gasteiger partial charge in [0.2, 0.25) is 0 Å². The van der Waals surface area contributed by atoms with E-state index in [-0.39, 0.29) is 19.2 Å². The van der Waals surface area contributed by atoms with Crippen LogP contribution in [-0.2, 0) is 35.0 Å². The number of hydrogen-bond donors (Lipinski definition) is 3. The van der Waals surface area contributed by atoms with Crippen molar-refractivity contribution in [3.63, 3.8) is 0 Å². The van der Waals surface area contributed by atoms with Crippen LogP contribution in [0.15, 0.2) is 42.5 Å². The Kier molecular flexibility index (Phi) is 6.52. The van der Waals surface area contributed by atoms with Crippen LogP contribution >= 0.6 is 0 Å². The van der Waals surface area contributed by atoms with Gasteiger partial charge in [-0.2, -0.15) is 26.3 Å². The van der Waals surface area contributed by atoms with Crippen LogP contribution in [0.3, 0.4) is 0 Å². The number of amides is 2. The van der Waals surface area contributed by atoms with Crippen molar-refractivity contribution in [2.75, 3.05) is 5.32 Å². The Morgan fingerprint density at radius 2 is 1.38 bits per heavy atom. The predicted octanol–water partition coefficient (Wildman–Crippen LogP) is 3.44. The molecule has 5 nitrogen and oxygen atoms in total. The van der Waals surface area contributed by atoms with Crippen molar-refractivity contribution in [1.82, 2.24) is 5.32 Å². The molecule has 0 aliphatic rings. The number of nitrogens with two attached hydrogens (primary N) is 1. The molecule has 0 heterocycles. The molecule has 0 fully saturated rings. The van der Waals surface area contributed by atoms with Crippen LogP contribution in [-0.4, -0.2) is 11.8 Å². The van der Waals surface area contributed by atoms with Gasteiger partial charge in [-0.25, -0.2) is 0 Å². The first-order chi connectivity index (χ1) is 13.4. The summed E-state index contributed by atoms with van der Waals surface area (Å²) in [6.07, 6.45) is -10.1. The van der Waals surface area contributed by atoms with E-state index in [2.05, 4.69) is 5.32 Å². The van der Waals surface area contributed by atoms with Crippen LogP contribution in [0.25, 0.3) is 0 Å². The first-order valence-electron chi connectivity index (χ1n) is 8.06. The number of nitrogens with one attached hydrogen (secondary N) is 2. The largest absolute Gasteiger partial charge is 0.416 e. The zero-order valence-electron chi connectivity index (χ0n) is 14.6. The van der Waals surface area contributed by atoms with Crippen molar-refractivity contribution < 1.29 is 35.9 Å². The quantitative estimate of drug-likeness (QED) is 0.525. The highest BCUT2D eigenvalue weighted by molar-refractivity contribution is 6.39. The molecule has 0 saturated carbocycles. The third-order valence-corrected chi connectivity index (χ3v) is 3.73. The van der Waals surface area contributed by atoms with Gasteiger partial charge in [0.05, 0.1) is 11.1 Å². The Morgan fingerprint density at radius 3 is 1.90 bits per heavy atom. The highest BCUT2D eigenvalue weighted by Gasteiger charge is 2.37. The maximum absolute atomic E-state index is 12.8. The monoisotopic (exact) mass is 419 g/mol. The zero-order valence-corrected chi connectivity index (χ0v) is 14.6. The summed E-state index contributed by atoms with van der Waals surface area (Å²) in [6, 6.07) is 7.26. The molecular formula is C18H15F6N3O2. The van der Waals surface area contributed by atoms with E-state index in [0.29, 0.717) is 17.7 Å². The molecule has 0 aliphatic heterocycles. The molecule has 156 valence electrons. The molecule has 0 aliphatic carbocycles. The van der Waals surface area contributed by atoms with E-state index in [4.69, 9.17) is 5.73 Å². The fourth-order valence-electron chi connectivity index (χ4n) is 2.34. The molecule has 0 atom stereocenters. The summed E-state index contributed by atoms with van der Waals surface area (Å²) in [5, 5.41) is 3.98. The van der Waals surface area contributed by atoms with Crippen molar-refractivity contribution in [1.29, 1.82) is 0 Å². The first kappa shape index (κ1) is 22.2. The SMILES string of the molecule is NCc1cccc(CNC(=O)C(=O)Nc2cc(C(F)(F)F)cc(C(F)(F)F)c2)c1. The molecule has 2 rings (SSSR count). The average molecular weight is 419 g/mol. The Labute approximate surface area is 160 Å². The predicted molar refractivity (Wildman–Crippen MR) is 91.3 cm³/mol. The van der Waals surface area contributed by atoms with Gasteiger partial charge < -0.3 is 16.4 Å². The maximum Gasteiger partial charge on any atom is 0.416 e. The molecule has 2 aromatic carbocycles. The van der Waals surface area contributed by atoms with Gasteiger partial charge in [0.25, 0.3) is 0 Å². The molecule has 29 heavy (non-hydrogen) atoms. The second kappa shape index (κ2) is 8.52. The second-order valence-electron chi connectivity index (χ2n) is 5.96. The molecule has 0 radical (unpaired) electrons. The Balaban J connectivity index is 2.13. The van der Waals surface area contributed by atoms with Crippen LogP contribution in [0.2, 0.25) is 0 Å². The topological polar surface area (TPSA) is 84.2 Å². The van der Waals surface area contributed by atoms with E-state index in [9.17, 15) is 35.9 Å². The lowest BCUT2D eigenvalue weighted by Crippen LogP contribution is -2.35. The standard InChI is InChI=1S/C18H15F6N3O2/c19-17(20,21)12-5-13(18(22,23)24)7-14(6-12)27-16(29)15(28)26-9-11-3-1-2-10(4-11)8-25/h1-7H,8-9,25H2,(H,26,28)(H,27,29). The molecule has 0 saturated heterocycles. The van der Waals surface area contributed by atoms with Gasteiger partial charge in [-0.1, -0.05) is 24.3 Å². The van der Waals surface area contributed by atoms with Crippen molar-refractivity contribution in [3.8, 4) is 0 Å². The Bertz CT molecular complexity index is 877. The maximum atomic E-state index is 12.8. The normalized spacial score (nSPS) is 11.8. The Hall–Kier alpha value is -3.08. The zero-order chi connectivity index (χ0) is 21.8. The number of halogens is 6. The van der Waals surface area contributed by atoms with Crippen LogP contribution in [0.1, 0.15) is 22.3 Å². The third-order valence-electron chi connectivity index (χ3n) is 3.73. The van der Waals surface area contributed by atoms with Crippen LogP contribution < -0.4 is 16.4 Å². The number of benzene rings is 2. The summed E-state index contributed by atoms with van der Waals surface area (Å²) in [6.45, 7) is 0.163. The minimum Gasteiger partial charge on any atom is -0.344 e. The van der Waals surface area contributed by atoms with Gasteiger partial charge in [-0.15, -0.1) is 0 Å². The lowest BCUT2D eigenvalue weighted by molar-refractivity contribution is -0.143. The van der Waals surface area contributed by atoms with E-state index >= 15 is 0 Å². The lowest BCUT2D eigenvalue weighted by Gasteiger charge is -2.14. The summed E-state index contributed by atoms with van der Waals surface area (Å²) < 4.78 is 77.0. The summed E-state index contributed by atoms with van der Waals surface area (Å²) in [5.41, 5.74) is 2.83. The molecule has 0 spiro atoms. The number of carbonyl (C=O) groups excluding carboxylic acids is 2. The molecule has 2 aromatic rings. The van der Waals surface area contributed by atoms with E-state index in [1.165, 1.54) is 0 Å². The number of rotatable bonds is 4. The molecule has 0 bridgehead atoms. The molecule has 0 unspecified atom stereocenters.